The quantitative estimate of drug-likeness (QED) is 0.775. The van der Waals surface area contributed by atoms with Gasteiger partial charge in [-0.1, -0.05) is 25.4 Å². The Morgan fingerprint density at radius 2 is 2.28 bits per heavy atom. The molecule has 1 heterocycles. The first-order valence-corrected chi connectivity index (χ1v) is 6.44. The minimum Gasteiger partial charge on any atom is -0.380 e. The van der Waals surface area contributed by atoms with Gasteiger partial charge in [-0.25, -0.2) is 0 Å². The topological polar surface area (TPSA) is 51.2 Å². The number of halogens is 1. The van der Waals surface area contributed by atoms with E-state index in [4.69, 9.17) is 16.3 Å². The first kappa shape index (κ1) is 14.9. The van der Waals surface area contributed by atoms with Crippen LogP contribution in [0.3, 0.4) is 0 Å². The Bertz CT molecular complexity index is 383. The predicted molar refractivity (Wildman–Crippen MR) is 71.9 cm³/mol. The molecule has 0 radical (unpaired) electrons. The number of hydrogen-bond donors (Lipinski definition) is 1. The highest BCUT2D eigenvalue weighted by molar-refractivity contribution is 6.33. The maximum Gasteiger partial charge on any atom is 0.252 e. The van der Waals surface area contributed by atoms with Crippen LogP contribution in [-0.2, 0) is 4.74 Å². The average molecular weight is 271 g/mol. The molecule has 0 aliphatic carbocycles. The van der Waals surface area contributed by atoms with Crippen molar-refractivity contribution in [2.75, 3.05) is 19.8 Å². The molecule has 0 aromatic carbocycles. The maximum atomic E-state index is 11.7. The predicted octanol–water partition coefficient (Wildman–Crippen LogP) is 2.53. The highest BCUT2D eigenvalue weighted by Gasteiger charge is 2.08. The fourth-order valence-electron chi connectivity index (χ4n) is 1.31. The van der Waals surface area contributed by atoms with Crippen molar-refractivity contribution in [3.63, 3.8) is 0 Å². The molecule has 0 spiro atoms. The van der Waals surface area contributed by atoms with Gasteiger partial charge in [0.2, 0.25) is 0 Å². The third-order valence-electron chi connectivity index (χ3n) is 2.39. The summed E-state index contributed by atoms with van der Waals surface area (Å²) in [5, 5.41) is 3.11. The number of nitrogens with one attached hydrogen (secondary N) is 1. The molecule has 1 aromatic heterocycles. The maximum absolute atomic E-state index is 11.7. The zero-order valence-electron chi connectivity index (χ0n) is 10.8. The number of carbonyl (C=O) groups excluding carboxylic acids is 1. The number of aromatic nitrogens is 1. The Morgan fingerprint density at radius 3 is 2.94 bits per heavy atom. The van der Waals surface area contributed by atoms with E-state index in [1.807, 2.05) is 0 Å². The van der Waals surface area contributed by atoms with Crippen molar-refractivity contribution in [2.24, 2.45) is 5.92 Å². The number of rotatable bonds is 7. The lowest BCUT2D eigenvalue weighted by molar-refractivity contribution is 0.0906. The molecule has 1 amide bonds. The first-order valence-electron chi connectivity index (χ1n) is 6.06. The van der Waals surface area contributed by atoms with Crippen molar-refractivity contribution in [1.82, 2.24) is 10.3 Å². The van der Waals surface area contributed by atoms with Crippen molar-refractivity contribution in [3.05, 3.63) is 29.0 Å². The highest BCUT2D eigenvalue weighted by Crippen LogP contribution is 2.12. The van der Waals surface area contributed by atoms with Gasteiger partial charge in [-0.2, -0.15) is 0 Å². The summed E-state index contributed by atoms with van der Waals surface area (Å²) in [5.41, 5.74) is 0.439. The second-order valence-corrected chi connectivity index (χ2v) is 4.81. The van der Waals surface area contributed by atoms with Gasteiger partial charge in [-0.3, -0.25) is 9.78 Å². The summed E-state index contributed by atoms with van der Waals surface area (Å²) in [6.07, 6.45) is 4.03. The fourth-order valence-corrected chi connectivity index (χ4v) is 1.52. The third kappa shape index (κ3) is 5.47. The summed E-state index contributed by atoms with van der Waals surface area (Å²) >= 11 is 5.86. The van der Waals surface area contributed by atoms with Crippen LogP contribution in [0.4, 0.5) is 0 Å². The second-order valence-electron chi connectivity index (χ2n) is 4.41. The Labute approximate surface area is 113 Å². The fraction of sp³-hybridized carbons (Fsp3) is 0.538. The van der Waals surface area contributed by atoms with Gasteiger partial charge in [-0.05, 0) is 18.4 Å². The number of ether oxygens (including phenoxy) is 1. The number of carbonyl (C=O) groups is 1. The summed E-state index contributed by atoms with van der Waals surface area (Å²) in [6.45, 7) is 6.02. The number of pyridine rings is 1. The van der Waals surface area contributed by atoms with Gasteiger partial charge in [0, 0.05) is 25.5 Å². The molecule has 1 N–H and O–H groups in total. The van der Waals surface area contributed by atoms with E-state index >= 15 is 0 Å². The van der Waals surface area contributed by atoms with Gasteiger partial charge < -0.3 is 10.1 Å². The molecule has 0 fully saturated rings. The second kappa shape index (κ2) is 8.06. The largest absolute Gasteiger partial charge is 0.380 e. The lowest BCUT2D eigenvalue weighted by atomic mass is 10.1. The van der Waals surface area contributed by atoms with Crippen LogP contribution in [0, 0.1) is 5.92 Å². The molecule has 0 atom stereocenters. The molecule has 1 aromatic rings. The normalized spacial score (nSPS) is 10.7. The molecule has 0 unspecified atom stereocenters. The molecular weight excluding hydrogens is 252 g/mol. The summed E-state index contributed by atoms with van der Waals surface area (Å²) in [7, 11) is 0. The summed E-state index contributed by atoms with van der Waals surface area (Å²) in [5.74, 6) is 0.435. The van der Waals surface area contributed by atoms with Crippen molar-refractivity contribution >= 4 is 17.5 Å². The van der Waals surface area contributed by atoms with E-state index in [2.05, 4.69) is 24.1 Å². The molecular formula is C13H19ClN2O2. The smallest absolute Gasteiger partial charge is 0.252 e. The van der Waals surface area contributed by atoms with Crippen LogP contribution in [0.25, 0.3) is 0 Å². The Morgan fingerprint density at radius 1 is 1.50 bits per heavy atom. The van der Waals surface area contributed by atoms with Gasteiger partial charge in [0.25, 0.3) is 5.91 Å². The SMILES string of the molecule is CC(C)CCOCCNC(=O)c1ccncc1Cl. The van der Waals surface area contributed by atoms with E-state index in [0.29, 0.717) is 29.7 Å². The van der Waals surface area contributed by atoms with E-state index < -0.39 is 0 Å². The third-order valence-corrected chi connectivity index (χ3v) is 2.69. The number of hydrogen-bond acceptors (Lipinski definition) is 3. The van der Waals surface area contributed by atoms with Gasteiger partial charge in [0.15, 0.2) is 0 Å². The first-order chi connectivity index (χ1) is 8.61. The van der Waals surface area contributed by atoms with E-state index in [1.54, 1.807) is 12.3 Å². The van der Waals surface area contributed by atoms with E-state index in [-0.39, 0.29) is 5.91 Å². The molecule has 4 nitrogen and oxygen atoms in total. The minimum absolute atomic E-state index is 0.199. The average Bonchev–Trinajstić information content (AvgIpc) is 2.33. The van der Waals surface area contributed by atoms with Crippen molar-refractivity contribution in [1.29, 1.82) is 0 Å². The van der Waals surface area contributed by atoms with Crippen LogP contribution in [-0.4, -0.2) is 30.6 Å². The van der Waals surface area contributed by atoms with Crippen LogP contribution in [0.2, 0.25) is 5.02 Å². The molecule has 0 aliphatic heterocycles. The Balaban J connectivity index is 2.20. The molecule has 1 rings (SSSR count). The van der Waals surface area contributed by atoms with Gasteiger partial charge in [-0.15, -0.1) is 0 Å². The molecule has 18 heavy (non-hydrogen) atoms. The van der Waals surface area contributed by atoms with Gasteiger partial charge >= 0.3 is 0 Å². The van der Waals surface area contributed by atoms with Crippen LogP contribution < -0.4 is 5.32 Å². The van der Waals surface area contributed by atoms with Crippen molar-refractivity contribution in [2.45, 2.75) is 20.3 Å². The number of nitrogens with zero attached hydrogens (tertiary/aromatic N) is 1. The van der Waals surface area contributed by atoms with Gasteiger partial charge in [0.05, 0.1) is 17.2 Å². The molecule has 5 heteroatoms. The van der Waals surface area contributed by atoms with E-state index in [1.165, 1.54) is 6.20 Å². The molecule has 100 valence electrons. The van der Waals surface area contributed by atoms with E-state index in [9.17, 15) is 4.79 Å². The molecule has 0 saturated carbocycles. The lowest BCUT2D eigenvalue weighted by Crippen LogP contribution is -2.27. The van der Waals surface area contributed by atoms with Crippen LogP contribution >= 0.6 is 11.6 Å². The molecule has 0 bridgehead atoms. The highest BCUT2D eigenvalue weighted by atomic mass is 35.5. The van der Waals surface area contributed by atoms with Crippen LogP contribution in [0.15, 0.2) is 18.5 Å². The summed E-state index contributed by atoms with van der Waals surface area (Å²) in [4.78, 5) is 15.6. The zero-order valence-corrected chi connectivity index (χ0v) is 11.5. The van der Waals surface area contributed by atoms with Crippen molar-refractivity contribution in [3.8, 4) is 0 Å². The molecule has 0 aliphatic rings. The Kier molecular flexibility index (Phi) is 6.68. The zero-order chi connectivity index (χ0) is 13.4. The Hall–Kier alpha value is -1.13. The van der Waals surface area contributed by atoms with Crippen LogP contribution in [0.1, 0.15) is 30.6 Å². The monoisotopic (exact) mass is 270 g/mol. The van der Waals surface area contributed by atoms with E-state index in [0.717, 1.165) is 13.0 Å². The lowest BCUT2D eigenvalue weighted by Gasteiger charge is -2.08. The number of amides is 1. The molecule has 0 saturated heterocycles. The van der Waals surface area contributed by atoms with Crippen molar-refractivity contribution < 1.29 is 9.53 Å². The minimum atomic E-state index is -0.199. The standard InChI is InChI=1S/C13H19ClN2O2/c1-10(2)4-7-18-8-6-16-13(17)11-3-5-15-9-12(11)14/h3,5,9-10H,4,6-8H2,1-2H3,(H,16,17). The van der Waals surface area contributed by atoms with Crippen LogP contribution in [0.5, 0.6) is 0 Å². The summed E-state index contributed by atoms with van der Waals surface area (Å²) in [6, 6.07) is 1.59. The summed E-state index contributed by atoms with van der Waals surface area (Å²) < 4.78 is 5.40. The van der Waals surface area contributed by atoms with Gasteiger partial charge in [0.1, 0.15) is 0 Å².